The Morgan fingerprint density at radius 3 is 2.45 bits per heavy atom. The highest BCUT2D eigenvalue weighted by molar-refractivity contribution is 9.11. The average molecular weight is 785 g/mol. The first-order valence-corrected chi connectivity index (χ1v) is 18.4. The van der Waals surface area contributed by atoms with Gasteiger partial charge < -0.3 is 34.4 Å². The Morgan fingerprint density at radius 1 is 1.04 bits per heavy atom. The maximum absolute atomic E-state index is 15.2. The van der Waals surface area contributed by atoms with E-state index in [1.165, 1.54) is 16.9 Å². The van der Waals surface area contributed by atoms with Crippen molar-refractivity contribution in [1.29, 1.82) is 0 Å². The molecule has 0 aliphatic carbocycles. The number of carbonyl (C=O) groups is 4. The number of benzene rings is 2. The number of fused-ring (bicyclic) bond motifs is 2. The SMILES string of the molecule is COC[C@H]1NC(=O)CC/C=C\CN(c2ccccc2Cl)C(=O)[C@@H]2N([C@@H](CO)CC(C)C)C(=O)[C@H]3[C@H](C(=O)O[C@@H]1c1ccccc1)[C@H]1O[C@@]23C=C1Br. The van der Waals surface area contributed by atoms with E-state index in [9.17, 15) is 19.5 Å². The summed E-state index contributed by atoms with van der Waals surface area (Å²) in [6.07, 6.45) is 4.33. The standard InChI is InChI=1S/C38H43BrClN3O8/c1-22(2)18-24(20-44)43-34-36(47)42(28-15-10-9-14-26(28)40)17-11-5-8-16-29(45)41-27(21-49-3)32(23-12-6-4-7-13-23)50-37(48)30-31(35(43)46)38(34)19-25(39)33(30)51-38/h4-7,9-15,19,22,24,27,30-34,44H,8,16-18,20-21H2,1-3H3,(H,41,45)/b11-5-/t24-,27-,30+,31-,32-,33+,34+,38-/m1/s1. The molecule has 2 aromatic carbocycles. The number of ether oxygens (including phenoxy) is 3. The second-order valence-corrected chi connectivity index (χ2v) is 15.2. The number of nitrogens with one attached hydrogen (secondary N) is 1. The molecule has 2 aromatic rings. The van der Waals surface area contributed by atoms with E-state index in [4.69, 9.17) is 25.8 Å². The molecule has 2 N–H and O–H groups in total. The van der Waals surface area contributed by atoms with Gasteiger partial charge in [0.05, 0.1) is 41.9 Å². The number of rotatable bonds is 8. The normalized spacial score (nSPS) is 31.0. The number of likely N-dealkylation sites (tertiary alicyclic amines) is 1. The van der Waals surface area contributed by atoms with Crippen LogP contribution in [0.1, 0.15) is 44.8 Å². The molecule has 13 heteroatoms. The monoisotopic (exact) mass is 783 g/mol. The molecule has 51 heavy (non-hydrogen) atoms. The largest absolute Gasteiger partial charge is 0.455 e. The third-order valence-corrected chi connectivity index (χ3v) is 11.0. The molecule has 0 unspecified atom stereocenters. The number of methoxy groups -OCH3 is 1. The van der Waals surface area contributed by atoms with Crippen molar-refractivity contribution in [3.63, 3.8) is 0 Å². The fraction of sp³-hybridized carbons (Fsp3) is 0.474. The topological polar surface area (TPSA) is 135 Å². The summed E-state index contributed by atoms with van der Waals surface area (Å²) in [6.45, 7) is 3.66. The first-order valence-electron chi connectivity index (χ1n) is 17.3. The lowest BCUT2D eigenvalue weighted by atomic mass is 9.74. The molecule has 2 fully saturated rings. The number of cyclic esters (lactones) is 1. The molecule has 1 spiro atoms. The van der Waals surface area contributed by atoms with Gasteiger partial charge in [0.2, 0.25) is 11.8 Å². The van der Waals surface area contributed by atoms with Gasteiger partial charge in [-0.1, -0.05) is 96.0 Å². The Hall–Kier alpha value is -3.55. The van der Waals surface area contributed by atoms with Gasteiger partial charge in [-0.3, -0.25) is 19.2 Å². The number of nitrogens with zero attached hydrogens (tertiary/aromatic N) is 2. The lowest BCUT2D eigenvalue weighted by Gasteiger charge is -2.39. The molecule has 4 aliphatic heterocycles. The van der Waals surface area contributed by atoms with Gasteiger partial charge in [0.25, 0.3) is 5.91 Å². The minimum Gasteiger partial charge on any atom is -0.455 e. The Kier molecular flexibility index (Phi) is 11.4. The van der Waals surface area contributed by atoms with Crippen molar-refractivity contribution in [2.24, 2.45) is 17.8 Å². The number of esters is 1. The second kappa shape index (κ2) is 15.6. The van der Waals surface area contributed by atoms with Gasteiger partial charge in [-0.05, 0) is 42.5 Å². The molecule has 3 amide bonds. The summed E-state index contributed by atoms with van der Waals surface area (Å²) in [4.78, 5) is 60.8. The molecule has 0 radical (unpaired) electrons. The third kappa shape index (κ3) is 7.01. The van der Waals surface area contributed by atoms with Crippen LogP contribution in [0.4, 0.5) is 5.69 Å². The minimum atomic E-state index is -1.56. The number of anilines is 1. The van der Waals surface area contributed by atoms with Crippen LogP contribution in [-0.4, -0.2) is 90.4 Å². The number of amides is 3. The number of para-hydroxylation sites is 1. The van der Waals surface area contributed by atoms with E-state index in [-0.39, 0.29) is 31.4 Å². The van der Waals surface area contributed by atoms with Gasteiger partial charge in [0.15, 0.2) is 0 Å². The van der Waals surface area contributed by atoms with E-state index < -0.39 is 72.2 Å². The Balaban J connectivity index is 1.52. The molecule has 4 aliphatic rings. The van der Waals surface area contributed by atoms with E-state index in [0.717, 1.165) is 0 Å². The number of aliphatic hydroxyl groups excluding tert-OH is 1. The van der Waals surface area contributed by atoms with Crippen molar-refractivity contribution in [1.82, 2.24) is 10.2 Å². The number of carbonyl (C=O) groups excluding carboxylic acids is 4. The zero-order valence-electron chi connectivity index (χ0n) is 28.7. The highest BCUT2D eigenvalue weighted by Crippen LogP contribution is 2.59. The maximum Gasteiger partial charge on any atom is 0.313 e. The summed E-state index contributed by atoms with van der Waals surface area (Å²) in [5.41, 5.74) is -0.522. The third-order valence-electron chi connectivity index (χ3n) is 10.0. The van der Waals surface area contributed by atoms with E-state index >= 15 is 4.79 Å². The first-order chi connectivity index (χ1) is 24.5. The predicted octanol–water partition coefficient (Wildman–Crippen LogP) is 4.72. The first kappa shape index (κ1) is 37.2. The molecule has 8 atom stereocenters. The van der Waals surface area contributed by atoms with E-state index in [2.05, 4.69) is 21.2 Å². The van der Waals surface area contributed by atoms with Crippen LogP contribution in [0, 0.1) is 17.8 Å². The second-order valence-electron chi connectivity index (χ2n) is 13.8. The molecular formula is C38H43BrClN3O8. The summed E-state index contributed by atoms with van der Waals surface area (Å²) in [5.74, 6) is -4.19. The van der Waals surface area contributed by atoms with Crippen molar-refractivity contribution in [3.8, 4) is 0 Å². The zero-order valence-corrected chi connectivity index (χ0v) is 31.1. The van der Waals surface area contributed by atoms with Gasteiger partial charge >= 0.3 is 5.97 Å². The van der Waals surface area contributed by atoms with Crippen molar-refractivity contribution in [3.05, 3.63) is 87.9 Å². The fourth-order valence-electron chi connectivity index (χ4n) is 7.95. The van der Waals surface area contributed by atoms with Crippen LogP contribution >= 0.6 is 27.5 Å². The van der Waals surface area contributed by atoms with Gasteiger partial charge in [-0.15, -0.1) is 0 Å². The van der Waals surface area contributed by atoms with E-state index in [1.807, 2.05) is 26.0 Å². The number of hydrogen-bond donors (Lipinski definition) is 2. The number of halogens is 2. The smallest absolute Gasteiger partial charge is 0.313 e. The molecule has 5 bridgehead atoms. The van der Waals surface area contributed by atoms with Crippen LogP contribution in [0.2, 0.25) is 5.02 Å². The fourth-order valence-corrected chi connectivity index (χ4v) is 8.92. The van der Waals surface area contributed by atoms with Crippen molar-refractivity contribution in [2.45, 2.75) is 69.0 Å². The Labute approximate surface area is 311 Å². The molecule has 2 saturated heterocycles. The number of allylic oxidation sites excluding steroid dienone is 1. The van der Waals surface area contributed by atoms with Crippen LogP contribution in [0.5, 0.6) is 0 Å². The van der Waals surface area contributed by atoms with Gasteiger partial charge in [0.1, 0.15) is 29.8 Å². The molecular weight excluding hydrogens is 742 g/mol. The minimum absolute atomic E-state index is 0.0411. The summed E-state index contributed by atoms with van der Waals surface area (Å²) in [5, 5.41) is 14.1. The highest BCUT2D eigenvalue weighted by Gasteiger charge is 2.75. The van der Waals surface area contributed by atoms with E-state index in [0.29, 0.717) is 33.6 Å². The van der Waals surface area contributed by atoms with Gasteiger partial charge in [0, 0.05) is 24.6 Å². The molecule has 4 heterocycles. The quantitative estimate of drug-likeness (QED) is 0.291. The van der Waals surface area contributed by atoms with Crippen LogP contribution < -0.4 is 10.2 Å². The van der Waals surface area contributed by atoms with Crippen molar-refractivity contribution < 1.29 is 38.5 Å². The van der Waals surface area contributed by atoms with Crippen LogP contribution in [0.25, 0.3) is 0 Å². The summed E-state index contributed by atoms with van der Waals surface area (Å²) in [7, 11) is 1.50. The number of hydrogen-bond acceptors (Lipinski definition) is 8. The molecule has 11 nitrogen and oxygen atoms in total. The Morgan fingerprint density at radius 2 is 1.76 bits per heavy atom. The highest BCUT2D eigenvalue weighted by atomic mass is 79.9. The lowest BCUT2D eigenvalue weighted by Crippen LogP contribution is -2.59. The van der Waals surface area contributed by atoms with Crippen molar-refractivity contribution in [2.75, 3.05) is 31.8 Å². The maximum atomic E-state index is 15.2. The molecule has 272 valence electrons. The summed E-state index contributed by atoms with van der Waals surface area (Å²) in [6, 6.07) is 13.2. The Bertz CT molecular complexity index is 1700. The average Bonchev–Trinajstić information content (AvgIpc) is 3.70. The van der Waals surface area contributed by atoms with Crippen LogP contribution in [0.15, 0.2) is 77.3 Å². The molecule has 6 rings (SSSR count). The van der Waals surface area contributed by atoms with Crippen molar-refractivity contribution >= 4 is 56.9 Å². The zero-order chi connectivity index (χ0) is 36.4. The van der Waals surface area contributed by atoms with E-state index in [1.54, 1.807) is 60.7 Å². The number of aliphatic hydroxyl groups is 1. The molecule has 0 aromatic heterocycles. The molecule has 0 saturated carbocycles. The van der Waals surface area contributed by atoms with Crippen LogP contribution in [0.3, 0.4) is 0 Å². The van der Waals surface area contributed by atoms with Crippen LogP contribution in [-0.2, 0) is 33.4 Å². The van der Waals surface area contributed by atoms with Gasteiger partial charge in [-0.2, -0.15) is 0 Å². The lowest BCUT2D eigenvalue weighted by molar-refractivity contribution is -0.162. The summed E-state index contributed by atoms with van der Waals surface area (Å²) >= 11 is 10.3. The summed E-state index contributed by atoms with van der Waals surface area (Å²) < 4.78 is 19.0. The predicted molar refractivity (Wildman–Crippen MR) is 194 cm³/mol. The van der Waals surface area contributed by atoms with Gasteiger partial charge in [-0.25, -0.2) is 0 Å².